The van der Waals surface area contributed by atoms with E-state index in [4.69, 9.17) is 0 Å². The molecule has 2 aromatic heterocycles. The van der Waals surface area contributed by atoms with Crippen molar-refractivity contribution in [3.63, 3.8) is 0 Å². The molecule has 0 aliphatic heterocycles. The van der Waals surface area contributed by atoms with Crippen molar-refractivity contribution in [1.82, 2.24) is 20.1 Å². The van der Waals surface area contributed by atoms with Crippen LogP contribution in [0.1, 0.15) is 43.0 Å². The van der Waals surface area contributed by atoms with Gasteiger partial charge in [0.2, 0.25) is 0 Å². The number of hydrogen-bond acceptors (Lipinski definition) is 3. The highest BCUT2D eigenvalue weighted by Gasteiger charge is 2.13. The van der Waals surface area contributed by atoms with E-state index < -0.39 is 0 Å². The predicted molar refractivity (Wildman–Crippen MR) is 81.6 cm³/mol. The lowest BCUT2D eigenvalue weighted by molar-refractivity contribution is 0.527. The van der Waals surface area contributed by atoms with Gasteiger partial charge in [0.05, 0.1) is 6.20 Å². The summed E-state index contributed by atoms with van der Waals surface area (Å²) in [7, 11) is 0. The highest BCUT2D eigenvalue weighted by molar-refractivity contribution is 5.22. The third-order valence-corrected chi connectivity index (χ3v) is 3.39. The summed E-state index contributed by atoms with van der Waals surface area (Å²) in [6, 6.07) is 2.52. The zero-order valence-electron chi connectivity index (χ0n) is 12.6. The standard InChI is InChI=1S/C16H24N4/c1-4-6-18-16(15-7-13(3)9-17-11-15)8-14-10-19-20(5-2)12-14/h7,9-12,16,18H,4-6,8H2,1-3H3. The van der Waals surface area contributed by atoms with Gasteiger partial charge in [-0.05, 0) is 49.9 Å². The fraction of sp³-hybridized carbons (Fsp3) is 0.500. The molecule has 0 aliphatic carbocycles. The molecule has 0 fully saturated rings. The third kappa shape index (κ3) is 3.90. The van der Waals surface area contributed by atoms with Crippen molar-refractivity contribution in [1.29, 1.82) is 0 Å². The number of aryl methyl sites for hydroxylation is 2. The van der Waals surface area contributed by atoms with E-state index in [-0.39, 0.29) is 0 Å². The summed E-state index contributed by atoms with van der Waals surface area (Å²) in [6.45, 7) is 8.31. The van der Waals surface area contributed by atoms with E-state index >= 15 is 0 Å². The molecule has 2 heterocycles. The van der Waals surface area contributed by atoms with Crippen LogP contribution in [-0.2, 0) is 13.0 Å². The minimum atomic E-state index is 0.303. The molecule has 1 atom stereocenters. The molecular weight excluding hydrogens is 248 g/mol. The highest BCUT2D eigenvalue weighted by Crippen LogP contribution is 2.18. The fourth-order valence-corrected chi connectivity index (χ4v) is 2.32. The lowest BCUT2D eigenvalue weighted by Crippen LogP contribution is -2.24. The molecular formula is C16H24N4. The average Bonchev–Trinajstić information content (AvgIpc) is 2.91. The Morgan fingerprint density at radius 1 is 1.25 bits per heavy atom. The molecule has 0 saturated heterocycles. The molecule has 20 heavy (non-hydrogen) atoms. The average molecular weight is 272 g/mol. The summed E-state index contributed by atoms with van der Waals surface area (Å²) in [5.74, 6) is 0. The van der Waals surface area contributed by atoms with E-state index in [0.717, 1.165) is 25.9 Å². The minimum Gasteiger partial charge on any atom is -0.310 e. The fourth-order valence-electron chi connectivity index (χ4n) is 2.32. The Labute approximate surface area is 121 Å². The van der Waals surface area contributed by atoms with Gasteiger partial charge in [0.25, 0.3) is 0 Å². The van der Waals surface area contributed by atoms with Gasteiger partial charge in [-0.15, -0.1) is 0 Å². The van der Waals surface area contributed by atoms with E-state index in [1.165, 1.54) is 16.7 Å². The molecule has 0 spiro atoms. The first-order valence-corrected chi connectivity index (χ1v) is 7.39. The lowest BCUT2D eigenvalue weighted by Gasteiger charge is -2.18. The Bertz CT molecular complexity index is 533. The highest BCUT2D eigenvalue weighted by atomic mass is 15.3. The summed E-state index contributed by atoms with van der Waals surface area (Å²) in [4.78, 5) is 4.32. The van der Waals surface area contributed by atoms with Crippen LogP contribution in [-0.4, -0.2) is 21.3 Å². The summed E-state index contributed by atoms with van der Waals surface area (Å²) in [5.41, 5.74) is 3.72. The first-order valence-electron chi connectivity index (χ1n) is 7.39. The van der Waals surface area contributed by atoms with E-state index in [9.17, 15) is 0 Å². The topological polar surface area (TPSA) is 42.7 Å². The largest absolute Gasteiger partial charge is 0.310 e. The second-order valence-electron chi connectivity index (χ2n) is 5.21. The molecule has 0 aliphatic rings. The molecule has 0 amide bonds. The van der Waals surface area contributed by atoms with Gasteiger partial charge in [-0.3, -0.25) is 9.67 Å². The summed E-state index contributed by atoms with van der Waals surface area (Å²) in [5, 5.41) is 7.96. The molecule has 4 nitrogen and oxygen atoms in total. The van der Waals surface area contributed by atoms with Gasteiger partial charge in [0.1, 0.15) is 0 Å². The maximum Gasteiger partial charge on any atom is 0.0522 e. The Morgan fingerprint density at radius 3 is 2.75 bits per heavy atom. The Balaban J connectivity index is 2.14. The molecule has 1 N–H and O–H groups in total. The van der Waals surface area contributed by atoms with Crippen LogP contribution in [0.15, 0.2) is 30.9 Å². The minimum absolute atomic E-state index is 0.303. The molecule has 2 aromatic rings. The van der Waals surface area contributed by atoms with Gasteiger partial charge in [0, 0.05) is 31.2 Å². The van der Waals surface area contributed by atoms with E-state index in [0.29, 0.717) is 6.04 Å². The van der Waals surface area contributed by atoms with Crippen LogP contribution in [0.4, 0.5) is 0 Å². The molecule has 0 radical (unpaired) electrons. The van der Waals surface area contributed by atoms with Crippen molar-refractivity contribution in [2.45, 2.75) is 46.2 Å². The monoisotopic (exact) mass is 272 g/mol. The zero-order valence-corrected chi connectivity index (χ0v) is 12.6. The van der Waals surface area contributed by atoms with Crippen LogP contribution in [0.3, 0.4) is 0 Å². The number of aromatic nitrogens is 3. The van der Waals surface area contributed by atoms with Gasteiger partial charge in [-0.25, -0.2) is 0 Å². The molecule has 0 aromatic carbocycles. The molecule has 4 heteroatoms. The van der Waals surface area contributed by atoms with Crippen LogP contribution in [0.2, 0.25) is 0 Å². The van der Waals surface area contributed by atoms with Crippen LogP contribution in [0, 0.1) is 6.92 Å². The van der Waals surface area contributed by atoms with E-state index in [1.807, 2.05) is 23.3 Å². The Hall–Kier alpha value is -1.68. The SMILES string of the molecule is CCCNC(Cc1cnn(CC)c1)c1cncc(C)c1. The van der Waals surface area contributed by atoms with Crippen LogP contribution < -0.4 is 5.32 Å². The van der Waals surface area contributed by atoms with E-state index in [2.05, 4.69) is 48.4 Å². The van der Waals surface area contributed by atoms with Crippen molar-refractivity contribution in [3.05, 3.63) is 47.5 Å². The summed E-state index contributed by atoms with van der Waals surface area (Å²) >= 11 is 0. The van der Waals surface area contributed by atoms with E-state index in [1.54, 1.807) is 0 Å². The number of rotatable bonds is 7. The predicted octanol–water partition coefficient (Wildman–Crippen LogP) is 2.89. The van der Waals surface area contributed by atoms with Crippen molar-refractivity contribution >= 4 is 0 Å². The number of pyridine rings is 1. The van der Waals surface area contributed by atoms with Crippen LogP contribution in [0.5, 0.6) is 0 Å². The van der Waals surface area contributed by atoms with Gasteiger partial charge in [0.15, 0.2) is 0 Å². The Morgan fingerprint density at radius 2 is 2.10 bits per heavy atom. The second-order valence-corrected chi connectivity index (χ2v) is 5.21. The maximum atomic E-state index is 4.35. The summed E-state index contributed by atoms with van der Waals surface area (Å²) < 4.78 is 1.97. The summed E-state index contributed by atoms with van der Waals surface area (Å²) in [6.07, 6.45) is 10.0. The molecule has 1 unspecified atom stereocenters. The first kappa shape index (κ1) is 14.7. The van der Waals surface area contributed by atoms with Crippen LogP contribution in [0.25, 0.3) is 0 Å². The molecule has 108 valence electrons. The molecule has 2 rings (SSSR count). The van der Waals surface area contributed by atoms with Crippen LogP contribution >= 0.6 is 0 Å². The van der Waals surface area contributed by atoms with Gasteiger partial charge < -0.3 is 5.32 Å². The van der Waals surface area contributed by atoms with Crippen molar-refractivity contribution < 1.29 is 0 Å². The number of nitrogens with zero attached hydrogens (tertiary/aromatic N) is 3. The molecule has 0 bridgehead atoms. The molecule has 0 saturated carbocycles. The van der Waals surface area contributed by atoms with Crippen molar-refractivity contribution in [2.75, 3.05) is 6.54 Å². The van der Waals surface area contributed by atoms with Gasteiger partial charge in [-0.1, -0.05) is 13.0 Å². The smallest absolute Gasteiger partial charge is 0.0522 e. The Kier molecular flexibility index (Phi) is 5.30. The first-order chi connectivity index (χ1) is 9.72. The third-order valence-electron chi connectivity index (χ3n) is 3.39. The number of nitrogens with one attached hydrogen (secondary N) is 1. The maximum absolute atomic E-state index is 4.35. The zero-order chi connectivity index (χ0) is 14.4. The van der Waals surface area contributed by atoms with Gasteiger partial charge in [-0.2, -0.15) is 5.10 Å². The lowest BCUT2D eigenvalue weighted by atomic mass is 10.0. The second kappa shape index (κ2) is 7.20. The normalized spacial score (nSPS) is 12.6. The van der Waals surface area contributed by atoms with Crippen molar-refractivity contribution in [3.8, 4) is 0 Å². The van der Waals surface area contributed by atoms with Gasteiger partial charge >= 0.3 is 0 Å². The van der Waals surface area contributed by atoms with Crippen molar-refractivity contribution in [2.24, 2.45) is 0 Å². The number of hydrogen-bond donors (Lipinski definition) is 1. The quantitative estimate of drug-likeness (QED) is 0.842.